The van der Waals surface area contributed by atoms with Crippen molar-refractivity contribution in [2.24, 2.45) is 0 Å². The Morgan fingerprint density at radius 1 is 1.00 bits per heavy atom. The minimum absolute atomic E-state index is 0.455. The van der Waals surface area contributed by atoms with Crippen molar-refractivity contribution in [3.8, 4) is 11.1 Å². The Hall–Kier alpha value is -2.09. The van der Waals surface area contributed by atoms with Gasteiger partial charge >= 0.3 is 0 Å². The molecule has 2 aliphatic heterocycles. The molecule has 0 radical (unpaired) electrons. The van der Waals surface area contributed by atoms with Gasteiger partial charge in [0.05, 0.1) is 7.05 Å². The molecule has 0 aromatic heterocycles. The normalized spacial score (nSPS) is 20.1. The van der Waals surface area contributed by atoms with Crippen molar-refractivity contribution in [2.45, 2.75) is 13.0 Å². The van der Waals surface area contributed by atoms with E-state index in [2.05, 4.69) is 72.0 Å². The van der Waals surface area contributed by atoms with E-state index in [1.54, 1.807) is 0 Å². The lowest BCUT2D eigenvalue weighted by atomic mass is 9.88. The molecule has 1 atom stereocenters. The second-order valence-corrected chi connectivity index (χ2v) is 5.42. The van der Waals surface area contributed by atoms with Gasteiger partial charge in [0.2, 0.25) is 5.84 Å². The van der Waals surface area contributed by atoms with Crippen molar-refractivity contribution in [2.75, 3.05) is 18.5 Å². The number of likely N-dealkylation sites (N-methyl/N-ethyl adjacent to an activating group) is 1. The zero-order valence-corrected chi connectivity index (χ0v) is 11.3. The molecule has 0 spiro atoms. The fourth-order valence-corrected chi connectivity index (χ4v) is 3.41. The van der Waals surface area contributed by atoms with Crippen LogP contribution in [0.5, 0.6) is 0 Å². The Morgan fingerprint density at radius 2 is 1.68 bits per heavy atom. The minimum atomic E-state index is 0.455. The zero-order valence-electron chi connectivity index (χ0n) is 11.3. The highest BCUT2D eigenvalue weighted by atomic mass is 15.3. The standard InChI is InChI=1S/C17H17N2/c1-12-18(2)11-17-15-9-4-3-7-13(15)14-8-5-6-10-16(14)19(12)17/h3-10,17H,11H2,1-2H3/q+1. The van der Waals surface area contributed by atoms with Crippen LogP contribution in [-0.4, -0.2) is 24.0 Å². The summed E-state index contributed by atoms with van der Waals surface area (Å²) in [7, 11) is 2.18. The van der Waals surface area contributed by atoms with Crippen LogP contribution in [0.1, 0.15) is 18.5 Å². The van der Waals surface area contributed by atoms with Gasteiger partial charge in [-0.05, 0) is 11.6 Å². The van der Waals surface area contributed by atoms with Crippen molar-refractivity contribution in [3.63, 3.8) is 0 Å². The molecule has 0 N–H and O–H groups in total. The average molecular weight is 249 g/mol. The summed E-state index contributed by atoms with van der Waals surface area (Å²) in [4.78, 5) is 2.48. The number of fused-ring (bicyclic) bond motifs is 6. The topological polar surface area (TPSA) is 6.25 Å². The lowest BCUT2D eigenvalue weighted by Gasteiger charge is -2.28. The lowest BCUT2D eigenvalue weighted by molar-refractivity contribution is -0.491. The number of benzene rings is 2. The van der Waals surface area contributed by atoms with Gasteiger partial charge in [-0.25, -0.2) is 4.90 Å². The van der Waals surface area contributed by atoms with E-state index in [1.807, 2.05) is 0 Å². The van der Waals surface area contributed by atoms with Gasteiger partial charge in [0.25, 0.3) is 0 Å². The van der Waals surface area contributed by atoms with Crippen LogP contribution >= 0.6 is 0 Å². The summed E-state index contributed by atoms with van der Waals surface area (Å²) in [5, 5.41) is 0. The first-order valence-corrected chi connectivity index (χ1v) is 6.79. The molecule has 0 aliphatic carbocycles. The molecule has 0 fully saturated rings. The fraction of sp³-hybridized carbons (Fsp3) is 0.235. The Kier molecular flexibility index (Phi) is 2.10. The number of rotatable bonds is 0. The van der Waals surface area contributed by atoms with Gasteiger partial charge in [-0.1, -0.05) is 42.5 Å². The third-order valence-electron chi connectivity index (χ3n) is 4.43. The Morgan fingerprint density at radius 3 is 2.53 bits per heavy atom. The highest BCUT2D eigenvalue weighted by Crippen LogP contribution is 2.46. The number of hydrogen-bond donors (Lipinski definition) is 0. The predicted molar refractivity (Wildman–Crippen MR) is 78.8 cm³/mol. The second kappa shape index (κ2) is 3.70. The first-order chi connectivity index (χ1) is 9.27. The van der Waals surface area contributed by atoms with Gasteiger partial charge in [0.1, 0.15) is 12.2 Å². The molecule has 2 heterocycles. The Balaban J connectivity index is 2.04. The molecule has 2 aliphatic rings. The predicted octanol–water partition coefficient (Wildman–Crippen LogP) is 3.29. The maximum atomic E-state index is 2.48. The van der Waals surface area contributed by atoms with Gasteiger partial charge in [-0.3, -0.25) is 4.58 Å². The third kappa shape index (κ3) is 1.34. The quantitative estimate of drug-likeness (QED) is 0.649. The molecule has 0 bridgehead atoms. The molecule has 94 valence electrons. The average Bonchev–Trinajstić information content (AvgIpc) is 2.76. The van der Waals surface area contributed by atoms with Crippen LogP contribution in [0.25, 0.3) is 11.1 Å². The summed E-state index contributed by atoms with van der Waals surface area (Å²) >= 11 is 0. The molecular weight excluding hydrogens is 232 g/mol. The van der Waals surface area contributed by atoms with Crippen molar-refractivity contribution in [1.82, 2.24) is 0 Å². The van der Waals surface area contributed by atoms with Crippen molar-refractivity contribution in [3.05, 3.63) is 54.1 Å². The summed E-state index contributed by atoms with van der Waals surface area (Å²) in [5.74, 6) is 1.34. The lowest BCUT2D eigenvalue weighted by Crippen LogP contribution is -2.32. The van der Waals surface area contributed by atoms with Crippen LogP contribution in [0.2, 0.25) is 0 Å². The van der Waals surface area contributed by atoms with Crippen LogP contribution in [-0.2, 0) is 0 Å². The maximum Gasteiger partial charge on any atom is 0.249 e. The van der Waals surface area contributed by atoms with Crippen LogP contribution in [0.4, 0.5) is 5.69 Å². The smallest absolute Gasteiger partial charge is 0.249 e. The third-order valence-corrected chi connectivity index (χ3v) is 4.43. The number of para-hydroxylation sites is 1. The summed E-state index contributed by atoms with van der Waals surface area (Å²) in [6, 6.07) is 18.0. The molecular formula is C17H17N2+. The van der Waals surface area contributed by atoms with Gasteiger partial charge in [0.15, 0.2) is 6.04 Å². The molecule has 2 heteroatoms. The van der Waals surface area contributed by atoms with E-state index in [0.717, 1.165) is 6.54 Å². The summed E-state index contributed by atoms with van der Waals surface area (Å²) < 4.78 is 2.35. The first kappa shape index (κ1) is 10.8. The molecule has 19 heavy (non-hydrogen) atoms. The van der Waals surface area contributed by atoms with E-state index in [1.165, 1.54) is 28.2 Å². The highest BCUT2D eigenvalue weighted by molar-refractivity contribution is 6.01. The van der Waals surface area contributed by atoms with Gasteiger partial charge < -0.3 is 0 Å². The van der Waals surface area contributed by atoms with Crippen LogP contribution in [0, 0.1) is 0 Å². The van der Waals surface area contributed by atoms with E-state index in [0.29, 0.717) is 6.04 Å². The Labute approximate surface area is 113 Å². The molecule has 0 saturated carbocycles. The molecule has 2 nitrogen and oxygen atoms in total. The van der Waals surface area contributed by atoms with Crippen LogP contribution < -0.4 is 4.90 Å². The monoisotopic (exact) mass is 249 g/mol. The first-order valence-electron chi connectivity index (χ1n) is 6.79. The SMILES string of the molecule is CC1=[N+](C)CC2c3ccccc3-c3ccccc3N12. The number of anilines is 1. The van der Waals surface area contributed by atoms with Crippen molar-refractivity contribution < 1.29 is 4.58 Å². The zero-order chi connectivity index (χ0) is 13.0. The second-order valence-electron chi connectivity index (χ2n) is 5.42. The van der Waals surface area contributed by atoms with E-state index in [9.17, 15) is 0 Å². The number of nitrogens with zero attached hydrogens (tertiary/aromatic N) is 2. The van der Waals surface area contributed by atoms with Crippen LogP contribution in [0.3, 0.4) is 0 Å². The molecule has 2 aromatic carbocycles. The van der Waals surface area contributed by atoms with Crippen LogP contribution in [0.15, 0.2) is 48.5 Å². The number of hydrogen-bond acceptors (Lipinski definition) is 1. The van der Waals surface area contributed by atoms with E-state index in [-0.39, 0.29) is 0 Å². The van der Waals surface area contributed by atoms with Gasteiger partial charge in [-0.2, -0.15) is 0 Å². The molecule has 4 rings (SSSR count). The Bertz CT molecular complexity index is 700. The molecule has 0 saturated heterocycles. The molecule has 0 amide bonds. The summed E-state index contributed by atoms with van der Waals surface area (Å²) in [5.41, 5.74) is 5.53. The highest BCUT2D eigenvalue weighted by Gasteiger charge is 2.43. The fourth-order valence-electron chi connectivity index (χ4n) is 3.41. The minimum Gasteiger partial charge on any atom is -0.264 e. The summed E-state index contributed by atoms with van der Waals surface area (Å²) in [6.45, 7) is 3.28. The number of amidine groups is 1. The molecule has 1 unspecified atom stereocenters. The molecule has 2 aromatic rings. The van der Waals surface area contributed by atoms with Gasteiger partial charge in [-0.15, -0.1) is 0 Å². The van der Waals surface area contributed by atoms with Crippen molar-refractivity contribution in [1.29, 1.82) is 0 Å². The van der Waals surface area contributed by atoms with E-state index < -0.39 is 0 Å². The van der Waals surface area contributed by atoms with Crippen molar-refractivity contribution >= 4 is 11.5 Å². The van der Waals surface area contributed by atoms with E-state index >= 15 is 0 Å². The maximum absolute atomic E-state index is 2.48. The van der Waals surface area contributed by atoms with E-state index in [4.69, 9.17) is 0 Å². The largest absolute Gasteiger partial charge is 0.264 e. The van der Waals surface area contributed by atoms with Gasteiger partial charge in [0, 0.05) is 18.1 Å². The summed E-state index contributed by atoms with van der Waals surface area (Å²) in [6.07, 6.45) is 0.